The largest absolute Gasteiger partial charge is 0.390 e. The average Bonchev–Trinajstić information content (AvgIpc) is 3.34. The predicted octanol–water partition coefficient (Wildman–Crippen LogP) is 5.84. The minimum Gasteiger partial charge on any atom is -0.390 e. The van der Waals surface area contributed by atoms with Crippen molar-refractivity contribution in [3.8, 4) is 0 Å². The first kappa shape index (κ1) is 21.2. The van der Waals surface area contributed by atoms with E-state index in [4.69, 9.17) is 9.72 Å². The van der Waals surface area contributed by atoms with Crippen LogP contribution in [-0.2, 0) is 4.74 Å². The van der Waals surface area contributed by atoms with Crippen LogP contribution < -0.4 is 0 Å². The summed E-state index contributed by atoms with van der Waals surface area (Å²) in [6, 6.07) is 6.31. The molecular formula is C28H40N2O2. The maximum atomic E-state index is 10.9. The Labute approximate surface area is 192 Å². The van der Waals surface area contributed by atoms with Crippen molar-refractivity contribution in [1.82, 2.24) is 9.38 Å². The molecule has 0 spiro atoms. The van der Waals surface area contributed by atoms with Crippen LogP contribution in [0, 0.1) is 34.5 Å². The van der Waals surface area contributed by atoms with Crippen molar-refractivity contribution in [2.75, 3.05) is 13.7 Å². The lowest BCUT2D eigenvalue weighted by atomic mass is 9.43. The molecule has 1 N–H and O–H groups in total. The summed E-state index contributed by atoms with van der Waals surface area (Å²) in [4.78, 5) is 5.07. The lowest BCUT2D eigenvalue weighted by Crippen LogP contribution is -2.58. The molecule has 0 amide bonds. The second-order valence-corrected chi connectivity index (χ2v) is 12.3. The zero-order chi connectivity index (χ0) is 22.1. The summed E-state index contributed by atoms with van der Waals surface area (Å²) < 4.78 is 8.12. The Balaban J connectivity index is 1.31. The van der Waals surface area contributed by atoms with Gasteiger partial charge in [-0.2, -0.15) is 0 Å². The highest BCUT2D eigenvalue weighted by Gasteiger charge is 2.62. The van der Waals surface area contributed by atoms with Crippen molar-refractivity contribution in [3.63, 3.8) is 0 Å². The Morgan fingerprint density at radius 2 is 1.94 bits per heavy atom. The highest BCUT2D eigenvalue weighted by atomic mass is 16.5. The number of methoxy groups -OCH3 is 1. The number of nitrogens with zero attached hydrogens (tertiary/aromatic N) is 2. The Hall–Kier alpha value is -1.39. The molecule has 0 saturated heterocycles. The third-order valence-electron chi connectivity index (χ3n) is 10.8. The van der Waals surface area contributed by atoms with Gasteiger partial charge in [-0.05, 0) is 111 Å². The standard InChI is InChI=1S/C28H40N2O2/c1-26(31)13-14-28(18-32-3)19(16-26)7-8-20-21-9-10-23(27(21,2)12-11-22(20)28)24-17-30-15-5-4-6-25(30)29-24/h4-6,15,17,19-23,31H,7-14,16,18H2,1-3H3/t19-,20+,21+,22+,23-,26-,27+,28-/m1/s1. The Kier molecular flexibility index (Phi) is 4.83. The smallest absolute Gasteiger partial charge is 0.136 e. The topological polar surface area (TPSA) is 46.8 Å². The van der Waals surface area contributed by atoms with Crippen LogP contribution in [0.25, 0.3) is 5.65 Å². The highest BCUT2D eigenvalue weighted by Crippen LogP contribution is 2.69. The lowest BCUT2D eigenvalue weighted by molar-refractivity contribution is -0.172. The van der Waals surface area contributed by atoms with Gasteiger partial charge in [0, 0.05) is 25.4 Å². The molecule has 4 fully saturated rings. The molecule has 0 unspecified atom stereocenters. The van der Waals surface area contributed by atoms with Gasteiger partial charge in [0.15, 0.2) is 0 Å². The molecule has 32 heavy (non-hydrogen) atoms. The molecular weight excluding hydrogens is 396 g/mol. The monoisotopic (exact) mass is 436 g/mol. The maximum Gasteiger partial charge on any atom is 0.136 e. The van der Waals surface area contributed by atoms with E-state index in [9.17, 15) is 5.11 Å². The van der Waals surface area contributed by atoms with Gasteiger partial charge in [0.2, 0.25) is 0 Å². The molecule has 8 atom stereocenters. The predicted molar refractivity (Wildman–Crippen MR) is 126 cm³/mol. The normalized spacial score (nSPS) is 45.9. The van der Waals surface area contributed by atoms with Gasteiger partial charge in [0.25, 0.3) is 0 Å². The summed E-state index contributed by atoms with van der Waals surface area (Å²) in [6.07, 6.45) is 15.3. The number of ether oxygens (including phenoxy) is 1. The average molecular weight is 437 g/mol. The molecule has 0 radical (unpaired) electrons. The van der Waals surface area contributed by atoms with Crippen LogP contribution in [-0.4, -0.2) is 33.8 Å². The number of hydrogen-bond donors (Lipinski definition) is 1. The fourth-order valence-corrected chi connectivity index (χ4v) is 9.39. The van der Waals surface area contributed by atoms with E-state index >= 15 is 0 Å². The van der Waals surface area contributed by atoms with Gasteiger partial charge >= 0.3 is 0 Å². The van der Waals surface area contributed by atoms with Crippen LogP contribution in [0.5, 0.6) is 0 Å². The van der Waals surface area contributed by atoms with Crippen molar-refractivity contribution in [2.45, 2.75) is 83.2 Å². The van der Waals surface area contributed by atoms with Crippen molar-refractivity contribution in [1.29, 1.82) is 0 Å². The maximum absolute atomic E-state index is 10.9. The number of fused-ring (bicyclic) bond motifs is 6. The summed E-state index contributed by atoms with van der Waals surface area (Å²) in [7, 11) is 1.89. The molecule has 4 nitrogen and oxygen atoms in total. The number of rotatable bonds is 3. The van der Waals surface area contributed by atoms with Crippen molar-refractivity contribution in [2.24, 2.45) is 34.5 Å². The first-order valence-corrected chi connectivity index (χ1v) is 13.0. The van der Waals surface area contributed by atoms with E-state index in [0.29, 0.717) is 17.3 Å². The third kappa shape index (κ3) is 2.98. The van der Waals surface area contributed by atoms with E-state index in [-0.39, 0.29) is 5.41 Å². The van der Waals surface area contributed by atoms with Gasteiger partial charge in [0.1, 0.15) is 5.65 Å². The van der Waals surface area contributed by atoms with E-state index in [2.05, 4.69) is 48.8 Å². The number of aliphatic hydroxyl groups is 1. The molecule has 4 aliphatic rings. The lowest BCUT2D eigenvalue weighted by Gasteiger charge is -2.62. The zero-order valence-electron chi connectivity index (χ0n) is 20.1. The fourth-order valence-electron chi connectivity index (χ4n) is 9.39. The second kappa shape index (κ2) is 7.30. The Morgan fingerprint density at radius 3 is 2.75 bits per heavy atom. The van der Waals surface area contributed by atoms with E-state index < -0.39 is 5.60 Å². The molecule has 4 heteroatoms. The third-order valence-corrected chi connectivity index (χ3v) is 10.8. The van der Waals surface area contributed by atoms with Gasteiger partial charge in [-0.25, -0.2) is 4.98 Å². The zero-order valence-corrected chi connectivity index (χ0v) is 20.1. The van der Waals surface area contributed by atoms with Gasteiger partial charge in [0.05, 0.1) is 17.9 Å². The summed E-state index contributed by atoms with van der Waals surface area (Å²) in [6.45, 7) is 5.54. The highest BCUT2D eigenvalue weighted by molar-refractivity contribution is 5.41. The Bertz CT molecular complexity index is 965. The van der Waals surface area contributed by atoms with Crippen molar-refractivity contribution in [3.05, 3.63) is 36.3 Å². The van der Waals surface area contributed by atoms with Gasteiger partial charge < -0.3 is 14.2 Å². The van der Waals surface area contributed by atoms with Crippen LogP contribution in [0.3, 0.4) is 0 Å². The van der Waals surface area contributed by atoms with E-state index in [1.165, 1.54) is 44.2 Å². The van der Waals surface area contributed by atoms with Crippen LogP contribution in [0.1, 0.15) is 83.2 Å². The minimum absolute atomic E-state index is 0.280. The van der Waals surface area contributed by atoms with E-state index in [0.717, 1.165) is 49.3 Å². The summed E-state index contributed by atoms with van der Waals surface area (Å²) in [5.41, 5.74) is 2.55. The molecule has 0 aromatic carbocycles. The van der Waals surface area contributed by atoms with Crippen LogP contribution in [0.15, 0.2) is 30.6 Å². The van der Waals surface area contributed by atoms with Crippen LogP contribution >= 0.6 is 0 Å². The van der Waals surface area contributed by atoms with E-state index in [1.54, 1.807) is 0 Å². The Morgan fingerprint density at radius 1 is 1.06 bits per heavy atom. The van der Waals surface area contributed by atoms with Gasteiger partial charge in [-0.1, -0.05) is 13.0 Å². The molecule has 4 saturated carbocycles. The van der Waals surface area contributed by atoms with Crippen LogP contribution in [0.2, 0.25) is 0 Å². The van der Waals surface area contributed by atoms with Crippen molar-refractivity contribution >= 4 is 5.65 Å². The number of pyridine rings is 1. The molecule has 2 aromatic heterocycles. The summed E-state index contributed by atoms with van der Waals surface area (Å²) in [5, 5.41) is 10.9. The quantitative estimate of drug-likeness (QED) is 0.658. The molecule has 2 aromatic rings. The SMILES string of the molecule is COC[C@]12CC[C@@](C)(O)C[C@H]1CC[C@H]1[C@@H]3CC[C@H](c4cn5ccccc5n4)[C@@]3(C)CC[C@@H]12. The molecule has 0 bridgehead atoms. The first-order valence-electron chi connectivity index (χ1n) is 13.0. The van der Waals surface area contributed by atoms with Gasteiger partial charge in [-0.15, -0.1) is 0 Å². The van der Waals surface area contributed by atoms with Crippen molar-refractivity contribution < 1.29 is 9.84 Å². The fraction of sp³-hybridized carbons (Fsp3) is 0.750. The van der Waals surface area contributed by atoms with Gasteiger partial charge in [-0.3, -0.25) is 0 Å². The molecule has 0 aliphatic heterocycles. The first-order chi connectivity index (χ1) is 15.4. The second-order valence-electron chi connectivity index (χ2n) is 12.3. The molecule has 174 valence electrons. The summed E-state index contributed by atoms with van der Waals surface area (Å²) >= 11 is 0. The number of hydrogen-bond acceptors (Lipinski definition) is 3. The van der Waals surface area contributed by atoms with E-state index in [1.807, 2.05) is 7.11 Å². The molecule has 4 aliphatic carbocycles. The summed E-state index contributed by atoms with van der Waals surface area (Å²) in [5.74, 6) is 3.57. The minimum atomic E-state index is -0.487. The number of imidazole rings is 1. The molecule has 2 heterocycles. The number of aromatic nitrogens is 2. The van der Waals surface area contributed by atoms with Crippen LogP contribution in [0.4, 0.5) is 0 Å². The molecule has 6 rings (SSSR count).